The van der Waals surface area contributed by atoms with Gasteiger partial charge in [-0.05, 0) is 55.4 Å². The monoisotopic (exact) mass is 666 g/mol. The molecule has 0 aromatic heterocycles. The molecule has 0 aliphatic carbocycles. The molecule has 0 spiro atoms. The van der Waals surface area contributed by atoms with Gasteiger partial charge < -0.3 is 10.2 Å². The molecule has 0 aliphatic rings. The lowest BCUT2D eigenvalue weighted by atomic mass is 9.98. The van der Waals surface area contributed by atoms with E-state index in [1.165, 1.54) is 18.6 Å². The number of rotatable bonds is 22. The second-order valence-corrected chi connectivity index (χ2v) is 12.6. The molecule has 266 valence electrons. The summed E-state index contributed by atoms with van der Waals surface area (Å²) < 4.78 is 0. The van der Waals surface area contributed by atoms with Crippen molar-refractivity contribution in [2.45, 2.75) is 136 Å². The van der Waals surface area contributed by atoms with Gasteiger partial charge in [-0.25, -0.2) is 0 Å². The van der Waals surface area contributed by atoms with Crippen molar-refractivity contribution in [3.05, 3.63) is 58.7 Å². The number of hydrogen-bond acceptors (Lipinski definition) is 6. The lowest BCUT2D eigenvalue weighted by molar-refractivity contribution is -0.136. The van der Waals surface area contributed by atoms with E-state index in [-0.39, 0.29) is 29.0 Å². The minimum atomic E-state index is -1.21. The Balaban J connectivity index is 2.10. The second-order valence-electron chi connectivity index (χ2n) is 12.6. The number of hydrogen-bond donors (Lipinski definition) is 6. The highest BCUT2D eigenvalue weighted by molar-refractivity contribution is 6.04. The van der Waals surface area contributed by atoms with Crippen LogP contribution in [0.15, 0.2) is 36.4 Å². The highest BCUT2D eigenvalue weighted by Crippen LogP contribution is 2.24. The molecule has 0 heterocycles. The van der Waals surface area contributed by atoms with E-state index in [1.807, 2.05) is 0 Å². The Morgan fingerprint density at radius 3 is 1.31 bits per heavy atom. The van der Waals surface area contributed by atoms with Gasteiger partial charge in [-0.2, -0.15) is 0 Å². The van der Waals surface area contributed by atoms with Crippen LogP contribution in [0.25, 0.3) is 0 Å². The normalized spacial score (nSPS) is 10.9. The van der Waals surface area contributed by atoms with Crippen LogP contribution in [0.1, 0.15) is 155 Å². The van der Waals surface area contributed by atoms with Crippen molar-refractivity contribution < 1.29 is 29.4 Å². The summed E-state index contributed by atoms with van der Waals surface area (Å²) in [5.74, 6) is -4.42. The van der Waals surface area contributed by atoms with E-state index in [0.29, 0.717) is 30.4 Å². The van der Waals surface area contributed by atoms with Crippen molar-refractivity contribution in [1.82, 2.24) is 21.7 Å². The number of benzene rings is 2. The number of unbranched alkanes of at least 4 members (excludes halogenated alkanes) is 12. The molecule has 2 aromatic rings. The fourth-order valence-corrected chi connectivity index (χ4v) is 5.82. The second kappa shape index (κ2) is 23.3. The molecule has 0 aliphatic heterocycles. The maximum atomic E-state index is 13.3. The Hall–Kier alpha value is -4.08. The summed E-state index contributed by atoms with van der Waals surface area (Å²) in [7, 11) is 0. The summed E-state index contributed by atoms with van der Waals surface area (Å²) in [5.41, 5.74) is 11.0. The Morgan fingerprint density at radius 2 is 0.896 bits per heavy atom. The number of hydrazine groups is 2. The average Bonchev–Trinajstić information content (AvgIpc) is 3.07. The molecule has 6 N–H and O–H groups in total. The Bertz CT molecular complexity index is 1210. The van der Waals surface area contributed by atoms with Crippen LogP contribution in [0.5, 0.6) is 11.5 Å². The number of carbonyl (C=O) groups excluding carboxylic acids is 4. The molecule has 0 saturated carbocycles. The summed E-state index contributed by atoms with van der Waals surface area (Å²) in [4.78, 5) is 52.9. The highest BCUT2D eigenvalue weighted by Gasteiger charge is 2.28. The highest BCUT2D eigenvalue weighted by atomic mass is 16.3. The summed E-state index contributed by atoms with van der Waals surface area (Å²) in [6.07, 6.45) is 16.4. The minimum absolute atomic E-state index is 0.0859. The molecule has 2 rings (SSSR count). The first-order valence-corrected chi connectivity index (χ1v) is 18.1. The van der Waals surface area contributed by atoms with Gasteiger partial charge in [-0.1, -0.05) is 129 Å². The van der Waals surface area contributed by atoms with Crippen LogP contribution < -0.4 is 21.7 Å². The van der Waals surface area contributed by atoms with E-state index in [2.05, 4.69) is 42.5 Å². The van der Waals surface area contributed by atoms with Crippen molar-refractivity contribution in [2.24, 2.45) is 5.92 Å². The van der Waals surface area contributed by atoms with Gasteiger partial charge in [-0.3, -0.25) is 40.9 Å². The molecule has 0 radical (unpaired) electrons. The number of phenolic OH excluding ortho intramolecular Hbond substituents is 2. The third kappa shape index (κ3) is 14.0. The van der Waals surface area contributed by atoms with Crippen LogP contribution in [0, 0.1) is 5.92 Å². The zero-order chi connectivity index (χ0) is 35.1. The molecule has 0 saturated heterocycles. The molecule has 0 fully saturated rings. The summed E-state index contributed by atoms with van der Waals surface area (Å²) in [6.45, 7) is 6.39. The van der Waals surface area contributed by atoms with Crippen molar-refractivity contribution in [3.63, 3.8) is 0 Å². The Labute approximate surface area is 286 Å². The van der Waals surface area contributed by atoms with E-state index in [4.69, 9.17) is 0 Å². The van der Waals surface area contributed by atoms with Crippen LogP contribution >= 0.6 is 0 Å². The molecule has 48 heavy (non-hydrogen) atoms. The van der Waals surface area contributed by atoms with Crippen molar-refractivity contribution >= 4 is 23.6 Å². The van der Waals surface area contributed by atoms with Crippen LogP contribution in [-0.2, 0) is 22.4 Å². The van der Waals surface area contributed by atoms with E-state index < -0.39 is 29.5 Å². The number of aromatic hydroxyl groups is 2. The first kappa shape index (κ1) is 40.1. The third-order valence-electron chi connectivity index (χ3n) is 8.64. The van der Waals surface area contributed by atoms with Gasteiger partial charge >= 0.3 is 0 Å². The molecule has 10 nitrogen and oxygen atoms in total. The van der Waals surface area contributed by atoms with Gasteiger partial charge in [0.15, 0.2) is 0 Å². The van der Waals surface area contributed by atoms with Crippen LogP contribution in [0.3, 0.4) is 0 Å². The number of aryl methyl sites for hydroxylation is 2. The molecular weight excluding hydrogens is 608 g/mol. The quantitative estimate of drug-likeness (QED) is 0.0439. The molecule has 4 amide bonds. The summed E-state index contributed by atoms with van der Waals surface area (Å²) >= 11 is 0. The SMILES string of the molecule is CCCCCCCCCC(C(=O)NNC(=O)c1c(O)cccc1CCCCCC)C(=O)NNC(=O)c1c(O)cccc1CCCCCC. The van der Waals surface area contributed by atoms with Gasteiger partial charge in [0.25, 0.3) is 23.6 Å². The predicted molar refractivity (Wildman–Crippen MR) is 189 cm³/mol. The molecular formula is C38H58N4O6. The van der Waals surface area contributed by atoms with Gasteiger partial charge in [0.2, 0.25) is 0 Å². The van der Waals surface area contributed by atoms with E-state index in [1.54, 1.807) is 24.3 Å². The van der Waals surface area contributed by atoms with E-state index in [0.717, 1.165) is 83.5 Å². The zero-order valence-corrected chi connectivity index (χ0v) is 29.3. The number of phenols is 2. The fraction of sp³-hybridized carbons (Fsp3) is 0.579. The summed E-state index contributed by atoms with van der Waals surface area (Å²) in [6, 6.07) is 9.77. The Morgan fingerprint density at radius 1 is 0.521 bits per heavy atom. The summed E-state index contributed by atoms with van der Waals surface area (Å²) in [5, 5.41) is 21.0. The van der Waals surface area contributed by atoms with Crippen molar-refractivity contribution in [3.8, 4) is 11.5 Å². The van der Waals surface area contributed by atoms with Gasteiger partial charge in [0.05, 0.1) is 11.1 Å². The minimum Gasteiger partial charge on any atom is -0.507 e. The van der Waals surface area contributed by atoms with Crippen molar-refractivity contribution in [2.75, 3.05) is 0 Å². The van der Waals surface area contributed by atoms with Gasteiger partial charge in [0, 0.05) is 0 Å². The lowest BCUT2D eigenvalue weighted by Gasteiger charge is -2.19. The fourth-order valence-electron chi connectivity index (χ4n) is 5.82. The predicted octanol–water partition coefficient (Wildman–Crippen LogP) is 7.32. The van der Waals surface area contributed by atoms with Gasteiger partial charge in [0.1, 0.15) is 17.4 Å². The molecule has 0 bridgehead atoms. The number of amides is 4. The molecule has 10 heteroatoms. The van der Waals surface area contributed by atoms with E-state index >= 15 is 0 Å². The third-order valence-corrected chi connectivity index (χ3v) is 8.64. The van der Waals surface area contributed by atoms with Crippen LogP contribution in [-0.4, -0.2) is 33.8 Å². The van der Waals surface area contributed by atoms with Gasteiger partial charge in [-0.15, -0.1) is 0 Å². The molecule has 0 atom stereocenters. The maximum Gasteiger partial charge on any atom is 0.273 e. The Kier molecular flexibility index (Phi) is 19.4. The largest absolute Gasteiger partial charge is 0.507 e. The van der Waals surface area contributed by atoms with Crippen LogP contribution in [0.2, 0.25) is 0 Å². The van der Waals surface area contributed by atoms with Crippen molar-refractivity contribution in [1.29, 1.82) is 0 Å². The van der Waals surface area contributed by atoms with Crippen LogP contribution in [0.4, 0.5) is 0 Å². The first-order chi connectivity index (χ1) is 23.2. The molecule has 2 aromatic carbocycles. The zero-order valence-electron chi connectivity index (χ0n) is 29.3. The standard InChI is InChI=1S/C38H58N4O6/c1-4-7-10-13-14-15-18-25-30(35(45)39-41-37(47)33-28(21-16-11-8-5-2)23-19-26-31(33)43)36(46)40-42-38(48)34-29(22-17-12-9-6-3)24-20-27-32(34)44/h19-20,23-24,26-27,30,43-44H,4-18,21-22,25H2,1-3H3,(H,39,45)(H,40,46)(H,41,47)(H,42,48). The lowest BCUT2D eigenvalue weighted by Crippen LogP contribution is -2.52. The maximum absolute atomic E-state index is 13.3. The first-order valence-electron chi connectivity index (χ1n) is 18.1. The number of nitrogens with one attached hydrogen (secondary N) is 4. The topological polar surface area (TPSA) is 157 Å². The molecule has 0 unspecified atom stereocenters. The number of carbonyl (C=O) groups is 4. The van der Waals surface area contributed by atoms with E-state index in [9.17, 15) is 29.4 Å². The average molecular weight is 667 g/mol. The smallest absolute Gasteiger partial charge is 0.273 e.